The van der Waals surface area contributed by atoms with Gasteiger partial charge in [0.25, 0.3) is 0 Å². The number of carbonyl (C=O) groups is 2. The van der Waals surface area contributed by atoms with Crippen LogP contribution < -0.4 is 0 Å². The van der Waals surface area contributed by atoms with E-state index in [2.05, 4.69) is 11.7 Å². The molecule has 0 atom stereocenters. The van der Waals surface area contributed by atoms with Gasteiger partial charge in [0, 0.05) is 6.42 Å². The molecule has 10 nitrogen and oxygen atoms in total. The Morgan fingerprint density at radius 2 is 0.886 bits per heavy atom. The SMILES string of the molecule is CCCCCCCCCC(=O)OCCOCCOCCOCCOCCOCCOCC(=O)OC. The summed E-state index contributed by atoms with van der Waals surface area (Å²) < 4.78 is 41.6. The molecule has 0 aliphatic rings. The summed E-state index contributed by atoms with van der Waals surface area (Å²) in [4.78, 5) is 22.5. The molecular weight excluding hydrogens is 460 g/mol. The molecule has 0 saturated carbocycles. The standard InChI is InChI=1S/C25H48O10/c1-3-4-5-6-7-8-9-10-24(26)35-22-21-33-18-17-31-14-13-29-11-12-30-15-16-32-19-20-34-23-25(27)28-2/h3-23H2,1-2H3. The van der Waals surface area contributed by atoms with E-state index in [1.54, 1.807) is 0 Å². The molecule has 35 heavy (non-hydrogen) atoms. The normalized spacial score (nSPS) is 11.0. The minimum atomic E-state index is -0.407. The summed E-state index contributed by atoms with van der Waals surface area (Å²) in [5.41, 5.74) is 0. The van der Waals surface area contributed by atoms with E-state index in [4.69, 9.17) is 33.2 Å². The van der Waals surface area contributed by atoms with Crippen molar-refractivity contribution in [3.8, 4) is 0 Å². The van der Waals surface area contributed by atoms with Gasteiger partial charge in [-0.05, 0) is 6.42 Å². The first-order valence-corrected chi connectivity index (χ1v) is 12.9. The van der Waals surface area contributed by atoms with E-state index >= 15 is 0 Å². The van der Waals surface area contributed by atoms with Gasteiger partial charge >= 0.3 is 11.9 Å². The number of hydrogen-bond donors (Lipinski definition) is 0. The van der Waals surface area contributed by atoms with Crippen LogP contribution in [0, 0.1) is 0 Å². The molecule has 0 aromatic heterocycles. The lowest BCUT2D eigenvalue weighted by Gasteiger charge is -2.08. The Morgan fingerprint density at radius 3 is 1.34 bits per heavy atom. The molecular formula is C25H48O10. The van der Waals surface area contributed by atoms with Gasteiger partial charge in [0.15, 0.2) is 0 Å². The van der Waals surface area contributed by atoms with Crippen LogP contribution in [0.4, 0.5) is 0 Å². The third-order valence-corrected chi connectivity index (χ3v) is 4.78. The van der Waals surface area contributed by atoms with Crippen LogP contribution in [0.3, 0.4) is 0 Å². The highest BCUT2D eigenvalue weighted by atomic mass is 16.6. The Balaban J connectivity index is 3.13. The molecule has 0 heterocycles. The number of unbranched alkanes of at least 4 members (excludes halogenated alkanes) is 6. The lowest BCUT2D eigenvalue weighted by atomic mass is 10.1. The van der Waals surface area contributed by atoms with Crippen molar-refractivity contribution in [2.45, 2.75) is 58.3 Å². The molecule has 208 valence electrons. The molecule has 0 aromatic carbocycles. The average molecular weight is 509 g/mol. The average Bonchev–Trinajstić information content (AvgIpc) is 2.86. The number of methoxy groups -OCH3 is 1. The summed E-state index contributed by atoms with van der Waals surface area (Å²) in [6.45, 7) is 7.26. The highest BCUT2D eigenvalue weighted by Crippen LogP contribution is 2.08. The van der Waals surface area contributed by atoms with Crippen molar-refractivity contribution in [2.75, 3.05) is 93.0 Å². The van der Waals surface area contributed by atoms with Crippen LogP contribution in [0.1, 0.15) is 58.3 Å². The lowest BCUT2D eigenvalue weighted by molar-refractivity contribution is -0.146. The minimum absolute atomic E-state index is 0.0685. The molecule has 0 unspecified atom stereocenters. The fraction of sp³-hybridized carbons (Fsp3) is 0.920. The van der Waals surface area contributed by atoms with Gasteiger partial charge in [-0.2, -0.15) is 0 Å². The molecule has 0 aliphatic heterocycles. The number of hydrogen-bond acceptors (Lipinski definition) is 10. The van der Waals surface area contributed by atoms with Crippen LogP contribution in [-0.4, -0.2) is 105 Å². The van der Waals surface area contributed by atoms with E-state index in [1.165, 1.54) is 39.2 Å². The van der Waals surface area contributed by atoms with Crippen molar-refractivity contribution < 1.29 is 47.5 Å². The maximum atomic E-state index is 11.6. The fourth-order valence-electron chi connectivity index (χ4n) is 2.83. The van der Waals surface area contributed by atoms with E-state index in [9.17, 15) is 9.59 Å². The second-order valence-electron chi connectivity index (χ2n) is 7.78. The van der Waals surface area contributed by atoms with Crippen LogP contribution in [0.25, 0.3) is 0 Å². The zero-order valence-corrected chi connectivity index (χ0v) is 21.9. The van der Waals surface area contributed by atoms with Gasteiger partial charge in [0.05, 0.1) is 79.8 Å². The molecule has 0 fully saturated rings. The molecule has 0 radical (unpaired) electrons. The van der Waals surface area contributed by atoms with Crippen molar-refractivity contribution >= 4 is 11.9 Å². The van der Waals surface area contributed by atoms with Crippen molar-refractivity contribution in [2.24, 2.45) is 0 Å². The van der Waals surface area contributed by atoms with Gasteiger partial charge in [-0.25, -0.2) is 4.79 Å². The van der Waals surface area contributed by atoms with E-state index in [1.807, 2.05) is 0 Å². The van der Waals surface area contributed by atoms with Crippen LogP contribution in [-0.2, 0) is 47.5 Å². The summed E-state index contributed by atoms with van der Waals surface area (Å²) in [6.07, 6.45) is 8.79. The first-order chi connectivity index (χ1) is 17.2. The molecule has 0 aromatic rings. The van der Waals surface area contributed by atoms with Crippen LogP contribution >= 0.6 is 0 Å². The van der Waals surface area contributed by atoms with Gasteiger partial charge in [-0.1, -0.05) is 45.4 Å². The molecule has 0 saturated heterocycles. The van der Waals surface area contributed by atoms with Gasteiger partial charge < -0.3 is 37.9 Å². The quantitative estimate of drug-likeness (QED) is 0.116. The van der Waals surface area contributed by atoms with E-state index in [-0.39, 0.29) is 19.2 Å². The number of ether oxygens (including phenoxy) is 8. The first-order valence-electron chi connectivity index (χ1n) is 12.9. The summed E-state index contributed by atoms with van der Waals surface area (Å²) >= 11 is 0. The molecule has 0 N–H and O–H groups in total. The molecule has 0 rings (SSSR count). The topological polar surface area (TPSA) is 108 Å². The largest absolute Gasteiger partial charge is 0.467 e. The monoisotopic (exact) mass is 508 g/mol. The van der Waals surface area contributed by atoms with Gasteiger partial charge in [0.1, 0.15) is 13.2 Å². The van der Waals surface area contributed by atoms with Crippen molar-refractivity contribution in [3.63, 3.8) is 0 Å². The van der Waals surface area contributed by atoms with Crippen molar-refractivity contribution in [1.82, 2.24) is 0 Å². The third kappa shape index (κ3) is 28.8. The van der Waals surface area contributed by atoms with Crippen LogP contribution in [0.15, 0.2) is 0 Å². The van der Waals surface area contributed by atoms with E-state index < -0.39 is 5.97 Å². The Kier molecular flexibility index (Phi) is 27.9. The van der Waals surface area contributed by atoms with Gasteiger partial charge in [-0.15, -0.1) is 0 Å². The molecule has 10 heteroatoms. The third-order valence-electron chi connectivity index (χ3n) is 4.78. The number of rotatable bonds is 28. The second kappa shape index (κ2) is 28.9. The first kappa shape index (κ1) is 33.7. The zero-order chi connectivity index (χ0) is 25.7. The van der Waals surface area contributed by atoms with Crippen molar-refractivity contribution in [1.29, 1.82) is 0 Å². The minimum Gasteiger partial charge on any atom is -0.467 e. The van der Waals surface area contributed by atoms with Gasteiger partial charge in [0.2, 0.25) is 0 Å². The lowest BCUT2D eigenvalue weighted by Crippen LogP contribution is -2.16. The summed E-state index contributed by atoms with van der Waals surface area (Å²) in [7, 11) is 1.31. The molecule has 0 aliphatic carbocycles. The maximum Gasteiger partial charge on any atom is 0.331 e. The van der Waals surface area contributed by atoms with Crippen LogP contribution in [0.2, 0.25) is 0 Å². The highest BCUT2D eigenvalue weighted by molar-refractivity contribution is 5.70. The Hall–Kier alpha value is -1.30. The summed E-state index contributed by atoms with van der Waals surface area (Å²) in [6, 6.07) is 0. The zero-order valence-electron chi connectivity index (χ0n) is 21.9. The predicted molar refractivity (Wildman–Crippen MR) is 130 cm³/mol. The summed E-state index contributed by atoms with van der Waals surface area (Å²) in [5, 5.41) is 0. The van der Waals surface area contributed by atoms with E-state index in [0.29, 0.717) is 79.1 Å². The van der Waals surface area contributed by atoms with E-state index in [0.717, 1.165) is 12.8 Å². The maximum absolute atomic E-state index is 11.6. The number of carbonyl (C=O) groups excluding carboxylic acids is 2. The Bertz CT molecular complexity index is 462. The molecule has 0 bridgehead atoms. The Morgan fingerprint density at radius 1 is 0.486 bits per heavy atom. The smallest absolute Gasteiger partial charge is 0.331 e. The predicted octanol–water partition coefficient (Wildman–Crippen LogP) is 2.94. The Labute approximate surface area is 211 Å². The van der Waals surface area contributed by atoms with Crippen molar-refractivity contribution in [3.05, 3.63) is 0 Å². The molecule has 0 spiro atoms. The molecule has 0 amide bonds. The second-order valence-corrected chi connectivity index (χ2v) is 7.78. The summed E-state index contributed by atoms with van der Waals surface area (Å²) in [5.74, 6) is -0.551. The fourth-order valence-corrected chi connectivity index (χ4v) is 2.83. The highest BCUT2D eigenvalue weighted by Gasteiger charge is 2.03. The van der Waals surface area contributed by atoms with Gasteiger partial charge in [-0.3, -0.25) is 4.79 Å². The number of esters is 2. The van der Waals surface area contributed by atoms with Crippen LogP contribution in [0.5, 0.6) is 0 Å².